The summed E-state index contributed by atoms with van der Waals surface area (Å²) in [6, 6.07) is 13.5. The number of nitrogens with zero attached hydrogens (tertiary/aromatic N) is 1. The second-order valence-electron chi connectivity index (χ2n) is 6.57. The molecular formula is C21H22BrN3O6S. The average molecular weight is 524 g/mol. The van der Waals surface area contributed by atoms with Crippen molar-refractivity contribution in [2.24, 2.45) is 0 Å². The Hall–Kier alpha value is -3.05. The van der Waals surface area contributed by atoms with Gasteiger partial charge < -0.3 is 19.5 Å². The number of nitrogens with one attached hydrogen (secondary N) is 2. The van der Waals surface area contributed by atoms with Crippen LogP contribution in [0.4, 0.5) is 5.69 Å². The first kappa shape index (κ1) is 23.6. The van der Waals surface area contributed by atoms with E-state index in [2.05, 4.69) is 31.4 Å². The lowest BCUT2D eigenvalue weighted by Crippen LogP contribution is -2.18. The van der Waals surface area contributed by atoms with E-state index in [0.29, 0.717) is 23.7 Å². The molecule has 0 atom stereocenters. The fourth-order valence-electron chi connectivity index (χ4n) is 2.85. The van der Waals surface area contributed by atoms with Gasteiger partial charge in [0.15, 0.2) is 21.3 Å². The van der Waals surface area contributed by atoms with Gasteiger partial charge in [0.25, 0.3) is 11.4 Å². The molecule has 0 saturated carbocycles. The summed E-state index contributed by atoms with van der Waals surface area (Å²) in [5.74, 6) is 0.987. The average Bonchev–Trinajstić information content (AvgIpc) is 2.81. The van der Waals surface area contributed by atoms with E-state index in [1.165, 1.54) is 12.1 Å². The standard InChI is InChI=1S/C21H22BrN3O6S/c1-29-16-9-8-14(12-17(16)30-2)13-23-19-18(22)20(26)24-25-21(19)31-10-11-32(27,28)15-6-4-3-5-7-15/h3-9,12H,10-11,13H2,1-2H3,(H2,23,24,26). The Kier molecular flexibility index (Phi) is 7.75. The Labute approximate surface area is 193 Å². The third kappa shape index (κ3) is 5.60. The van der Waals surface area contributed by atoms with Gasteiger partial charge in [-0.15, -0.1) is 5.10 Å². The molecule has 0 saturated heterocycles. The summed E-state index contributed by atoms with van der Waals surface area (Å²) in [5.41, 5.74) is 0.706. The van der Waals surface area contributed by atoms with E-state index in [4.69, 9.17) is 14.2 Å². The molecule has 0 spiro atoms. The summed E-state index contributed by atoms with van der Waals surface area (Å²) in [6.07, 6.45) is 0. The Morgan fingerprint density at radius 3 is 2.47 bits per heavy atom. The van der Waals surface area contributed by atoms with Gasteiger partial charge in [-0.25, -0.2) is 13.5 Å². The molecule has 3 aromatic rings. The highest BCUT2D eigenvalue weighted by molar-refractivity contribution is 9.10. The third-order valence-corrected chi connectivity index (χ3v) is 6.95. The fraction of sp³-hybridized carbons (Fsp3) is 0.238. The minimum Gasteiger partial charge on any atom is -0.493 e. The number of aromatic nitrogens is 2. The van der Waals surface area contributed by atoms with Crippen molar-refractivity contribution in [3.05, 3.63) is 68.9 Å². The van der Waals surface area contributed by atoms with E-state index in [0.717, 1.165) is 5.56 Å². The first-order valence-corrected chi connectivity index (χ1v) is 11.9. The Morgan fingerprint density at radius 2 is 1.78 bits per heavy atom. The number of halogens is 1. The normalized spacial score (nSPS) is 11.1. The number of hydrogen-bond donors (Lipinski definition) is 2. The molecule has 0 radical (unpaired) electrons. The second-order valence-corrected chi connectivity index (χ2v) is 9.47. The van der Waals surface area contributed by atoms with Crippen molar-refractivity contribution in [1.29, 1.82) is 0 Å². The van der Waals surface area contributed by atoms with Crippen LogP contribution in [0.2, 0.25) is 0 Å². The fourth-order valence-corrected chi connectivity index (χ4v) is 4.36. The molecule has 0 aliphatic carbocycles. The SMILES string of the molecule is COc1ccc(CNc2c(OCCS(=O)(=O)c3ccccc3)n[nH]c(=O)c2Br)cc1OC. The lowest BCUT2D eigenvalue weighted by atomic mass is 10.2. The topological polar surface area (TPSA) is 120 Å². The third-order valence-electron chi connectivity index (χ3n) is 4.50. The van der Waals surface area contributed by atoms with Crippen molar-refractivity contribution in [3.63, 3.8) is 0 Å². The van der Waals surface area contributed by atoms with Crippen LogP contribution in [0.3, 0.4) is 0 Å². The van der Waals surface area contributed by atoms with Gasteiger partial charge in [-0.1, -0.05) is 24.3 Å². The zero-order valence-corrected chi connectivity index (χ0v) is 19.8. The molecule has 1 aromatic heterocycles. The molecule has 3 rings (SSSR count). The van der Waals surface area contributed by atoms with Gasteiger partial charge in [0.1, 0.15) is 16.8 Å². The zero-order valence-electron chi connectivity index (χ0n) is 17.4. The summed E-state index contributed by atoms with van der Waals surface area (Å²) < 4.78 is 41.2. The quantitative estimate of drug-likeness (QED) is 0.416. The summed E-state index contributed by atoms with van der Waals surface area (Å²) in [6.45, 7) is 0.177. The number of benzene rings is 2. The Bertz CT molecular complexity index is 1230. The number of hydrogen-bond acceptors (Lipinski definition) is 8. The predicted molar refractivity (Wildman–Crippen MR) is 123 cm³/mol. The van der Waals surface area contributed by atoms with Gasteiger partial charge >= 0.3 is 0 Å². The lowest BCUT2D eigenvalue weighted by Gasteiger charge is -2.14. The molecule has 0 amide bonds. The number of aromatic amines is 1. The second kappa shape index (κ2) is 10.5. The molecule has 32 heavy (non-hydrogen) atoms. The summed E-state index contributed by atoms with van der Waals surface area (Å²) in [5, 5.41) is 9.34. The van der Waals surface area contributed by atoms with E-state index >= 15 is 0 Å². The van der Waals surface area contributed by atoms with Gasteiger partial charge in [-0.05, 0) is 45.8 Å². The Morgan fingerprint density at radius 1 is 1.06 bits per heavy atom. The van der Waals surface area contributed by atoms with Gasteiger partial charge in [0.2, 0.25) is 0 Å². The van der Waals surface area contributed by atoms with Crippen LogP contribution in [0.5, 0.6) is 17.4 Å². The number of sulfone groups is 1. The number of H-pyrrole nitrogens is 1. The maximum Gasteiger partial charge on any atom is 0.280 e. The summed E-state index contributed by atoms with van der Waals surface area (Å²) in [4.78, 5) is 12.2. The van der Waals surface area contributed by atoms with Gasteiger partial charge in [-0.3, -0.25) is 4.79 Å². The molecule has 0 aliphatic heterocycles. The molecule has 0 unspecified atom stereocenters. The predicted octanol–water partition coefficient (Wildman–Crippen LogP) is 3.01. The van der Waals surface area contributed by atoms with Crippen LogP contribution in [0.15, 0.2) is 62.7 Å². The minimum atomic E-state index is -3.51. The van der Waals surface area contributed by atoms with Crippen LogP contribution < -0.4 is 25.1 Å². The van der Waals surface area contributed by atoms with Crippen LogP contribution in [-0.4, -0.2) is 45.2 Å². The van der Waals surface area contributed by atoms with Crippen molar-refractivity contribution in [2.45, 2.75) is 11.4 Å². The van der Waals surface area contributed by atoms with Crippen LogP contribution in [0, 0.1) is 0 Å². The lowest BCUT2D eigenvalue weighted by molar-refractivity contribution is 0.324. The van der Waals surface area contributed by atoms with Gasteiger partial charge in [-0.2, -0.15) is 0 Å². The molecule has 1 heterocycles. The monoisotopic (exact) mass is 523 g/mol. The van der Waals surface area contributed by atoms with Crippen LogP contribution >= 0.6 is 15.9 Å². The van der Waals surface area contributed by atoms with Crippen LogP contribution in [0.25, 0.3) is 0 Å². The number of anilines is 1. The zero-order chi connectivity index (χ0) is 23.1. The first-order chi connectivity index (χ1) is 15.4. The van der Waals surface area contributed by atoms with Crippen molar-refractivity contribution >= 4 is 31.5 Å². The van der Waals surface area contributed by atoms with E-state index in [-0.39, 0.29) is 27.6 Å². The number of rotatable bonds is 10. The van der Waals surface area contributed by atoms with Gasteiger partial charge in [0, 0.05) is 6.54 Å². The van der Waals surface area contributed by atoms with E-state index in [1.807, 2.05) is 6.07 Å². The molecule has 2 aromatic carbocycles. The van der Waals surface area contributed by atoms with Crippen molar-refractivity contribution in [3.8, 4) is 17.4 Å². The van der Waals surface area contributed by atoms with Crippen molar-refractivity contribution < 1.29 is 22.6 Å². The molecular weight excluding hydrogens is 502 g/mol. The smallest absolute Gasteiger partial charge is 0.280 e. The highest BCUT2D eigenvalue weighted by Gasteiger charge is 2.17. The van der Waals surface area contributed by atoms with Crippen molar-refractivity contribution in [1.82, 2.24) is 10.2 Å². The number of ether oxygens (including phenoxy) is 3. The maximum absolute atomic E-state index is 12.4. The molecule has 0 fully saturated rings. The molecule has 2 N–H and O–H groups in total. The van der Waals surface area contributed by atoms with Crippen molar-refractivity contribution in [2.75, 3.05) is 31.9 Å². The highest BCUT2D eigenvalue weighted by atomic mass is 79.9. The molecule has 0 bridgehead atoms. The Balaban J connectivity index is 1.73. The largest absolute Gasteiger partial charge is 0.493 e. The molecule has 0 aliphatic rings. The van der Waals surface area contributed by atoms with Crippen LogP contribution in [0.1, 0.15) is 5.56 Å². The first-order valence-electron chi connectivity index (χ1n) is 9.49. The summed E-state index contributed by atoms with van der Waals surface area (Å²) >= 11 is 3.23. The molecule has 170 valence electrons. The molecule has 9 nitrogen and oxygen atoms in total. The van der Waals surface area contributed by atoms with E-state index in [1.54, 1.807) is 44.6 Å². The highest BCUT2D eigenvalue weighted by Crippen LogP contribution is 2.30. The van der Waals surface area contributed by atoms with E-state index in [9.17, 15) is 13.2 Å². The molecule has 11 heteroatoms. The summed E-state index contributed by atoms with van der Waals surface area (Å²) in [7, 11) is -0.418. The van der Waals surface area contributed by atoms with E-state index < -0.39 is 15.4 Å². The van der Waals surface area contributed by atoms with Gasteiger partial charge in [0.05, 0.1) is 24.9 Å². The number of methoxy groups -OCH3 is 2. The van der Waals surface area contributed by atoms with Crippen LogP contribution in [-0.2, 0) is 16.4 Å². The maximum atomic E-state index is 12.4. The minimum absolute atomic E-state index is 0.0696.